The highest BCUT2D eigenvalue weighted by molar-refractivity contribution is 5.80. The largest absolute Gasteiger partial charge is 0.481 e. The Balaban J connectivity index is 1.49. The van der Waals surface area contributed by atoms with Crippen LogP contribution < -0.4 is 10.1 Å². The molecular formula is C21H26N2O2. The van der Waals surface area contributed by atoms with E-state index in [0.29, 0.717) is 12.3 Å². The van der Waals surface area contributed by atoms with Crippen LogP contribution in [-0.2, 0) is 17.9 Å². The SMILES string of the molecule is C[C@H](Oc1ccccc1)C(=O)NCc1cccc(CN2CCCC2)c1. The van der Waals surface area contributed by atoms with Gasteiger partial charge >= 0.3 is 0 Å². The number of likely N-dealkylation sites (tertiary alicyclic amines) is 1. The zero-order chi connectivity index (χ0) is 17.5. The molecule has 0 radical (unpaired) electrons. The molecule has 1 saturated heterocycles. The Morgan fingerprint density at radius 2 is 1.80 bits per heavy atom. The van der Waals surface area contributed by atoms with Crippen LogP contribution in [0, 0.1) is 0 Å². The summed E-state index contributed by atoms with van der Waals surface area (Å²) in [6, 6.07) is 17.9. The fraction of sp³-hybridized carbons (Fsp3) is 0.381. The number of rotatable bonds is 7. The molecule has 0 aliphatic carbocycles. The average molecular weight is 338 g/mol. The maximum Gasteiger partial charge on any atom is 0.261 e. The van der Waals surface area contributed by atoms with Crippen molar-refractivity contribution in [1.29, 1.82) is 0 Å². The van der Waals surface area contributed by atoms with Gasteiger partial charge in [-0.25, -0.2) is 0 Å². The van der Waals surface area contributed by atoms with Gasteiger partial charge in [-0.1, -0.05) is 42.5 Å². The Hall–Kier alpha value is -2.33. The van der Waals surface area contributed by atoms with E-state index in [4.69, 9.17) is 4.74 Å². The third-order valence-corrected chi connectivity index (χ3v) is 4.49. The quantitative estimate of drug-likeness (QED) is 0.842. The van der Waals surface area contributed by atoms with Gasteiger partial charge in [-0.2, -0.15) is 0 Å². The molecule has 1 atom stereocenters. The van der Waals surface area contributed by atoms with Crippen LogP contribution in [0.15, 0.2) is 54.6 Å². The van der Waals surface area contributed by atoms with Gasteiger partial charge in [-0.15, -0.1) is 0 Å². The predicted octanol–water partition coefficient (Wildman–Crippen LogP) is 3.37. The molecule has 1 fully saturated rings. The number of nitrogens with zero attached hydrogens (tertiary/aromatic N) is 1. The van der Waals surface area contributed by atoms with Gasteiger partial charge in [-0.3, -0.25) is 9.69 Å². The van der Waals surface area contributed by atoms with Crippen molar-refractivity contribution in [2.24, 2.45) is 0 Å². The van der Waals surface area contributed by atoms with Gasteiger partial charge in [-0.05, 0) is 56.1 Å². The van der Waals surface area contributed by atoms with E-state index in [9.17, 15) is 4.79 Å². The second kappa shape index (κ2) is 8.67. The van der Waals surface area contributed by atoms with Crippen LogP contribution >= 0.6 is 0 Å². The summed E-state index contributed by atoms with van der Waals surface area (Å²) in [5.41, 5.74) is 2.43. The van der Waals surface area contributed by atoms with Crippen LogP contribution in [0.3, 0.4) is 0 Å². The first-order valence-electron chi connectivity index (χ1n) is 9.00. The van der Waals surface area contributed by atoms with Gasteiger partial charge in [0.1, 0.15) is 5.75 Å². The molecule has 0 spiro atoms. The minimum Gasteiger partial charge on any atom is -0.481 e. The van der Waals surface area contributed by atoms with Crippen LogP contribution in [0.4, 0.5) is 0 Å². The molecule has 1 aliphatic rings. The van der Waals surface area contributed by atoms with E-state index in [0.717, 1.165) is 12.1 Å². The fourth-order valence-electron chi connectivity index (χ4n) is 3.13. The van der Waals surface area contributed by atoms with Crippen LogP contribution in [0.25, 0.3) is 0 Å². The summed E-state index contributed by atoms with van der Waals surface area (Å²) in [7, 11) is 0. The lowest BCUT2D eigenvalue weighted by Crippen LogP contribution is -2.35. The minimum atomic E-state index is -0.518. The summed E-state index contributed by atoms with van der Waals surface area (Å²) >= 11 is 0. The Bertz CT molecular complexity index is 681. The standard InChI is InChI=1S/C21H26N2O2/c1-17(25-20-10-3-2-4-11-20)21(24)22-15-18-8-7-9-19(14-18)16-23-12-5-6-13-23/h2-4,7-11,14,17H,5-6,12-13,15-16H2,1H3,(H,22,24)/t17-/m0/s1. The lowest BCUT2D eigenvalue weighted by Gasteiger charge is -2.16. The second-order valence-electron chi connectivity index (χ2n) is 6.59. The molecule has 2 aromatic carbocycles. The van der Waals surface area contributed by atoms with E-state index in [2.05, 4.69) is 34.5 Å². The van der Waals surface area contributed by atoms with Crippen molar-refractivity contribution in [1.82, 2.24) is 10.2 Å². The van der Waals surface area contributed by atoms with E-state index in [1.807, 2.05) is 30.3 Å². The molecule has 2 aromatic rings. The zero-order valence-electron chi connectivity index (χ0n) is 14.8. The first kappa shape index (κ1) is 17.5. The Morgan fingerprint density at radius 3 is 2.56 bits per heavy atom. The molecule has 25 heavy (non-hydrogen) atoms. The van der Waals surface area contributed by atoms with E-state index >= 15 is 0 Å². The van der Waals surface area contributed by atoms with E-state index < -0.39 is 6.10 Å². The molecule has 0 bridgehead atoms. The van der Waals surface area contributed by atoms with Crippen molar-refractivity contribution in [3.8, 4) is 5.75 Å². The molecular weight excluding hydrogens is 312 g/mol. The summed E-state index contributed by atoms with van der Waals surface area (Å²) in [5.74, 6) is 0.603. The number of carbonyl (C=O) groups excluding carboxylic acids is 1. The van der Waals surface area contributed by atoms with Gasteiger partial charge < -0.3 is 10.1 Å². The molecule has 132 valence electrons. The first-order chi connectivity index (χ1) is 12.2. The van der Waals surface area contributed by atoms with Crippen LogP contribution in [0.5, 0.6) is 5.75 Å². The normalized spacial score (nSPS) is 15.7. The van der Waals surface area contributed by atoms with E-state index in [1.165, 1.54) is 31.5 Å². The van der Waals surface area contributed by atoms with Crippen molar-refractivity contribution in [2.75, 3.05) is 13.1 Å². The molecule has 1 aliphatic heterocycles. The lowest BCUT2D eigenvalue weighted by molar-refractivity contribution is -0.127. The van der Waals surface area contributed by atoms with Crippen molar-refractivity contribution < 1.29 is 9.53 Å². The summed E-state index contributed by atoms with van der Waals surface area (Å²) in [4.78, 5) is 14.7. The molecule has 1 heterocycles. The molecule has 0 saturated carbocycles. The average Bonchev–Trinajstić information content (AvgIpc) is 3.14. The van der Waals surface area contributed by atoms with E-state index in [-0.39, 0.29) is 5.91 Å². The molecule has 1 amide bonds. The maximum atomic E-state index is 12.2. The Labute approximate surface area is 149 Å². The van der Waals surface area contributed by atoms with Gasteiger partial charge in [0.2, 0.25) is 0 Å². The van der Waals surface area contributed by atoms with Crippen LogP contribution in [-0.4, -0.2) is 30.0 Å². The number of carbonyl (C=O) groups is 1. The highest BCUT2D eigenvalue weighted by atomic mass is 16.5. The van der Waals surface area contributed by atoms with Gasteiger partial charge in [0.25, 0.3) is 5.91 Å². The zero-order valence-corrected chi connectivity index (χ0v) is 14.8. The fourth-order valence-corrected chi connectivity index (χ4v) is 3.13. The predicted molar refractivity (Wildman–Crippen MR) is 99.3 cm³/mol. The number of para-hydroxylation sites is 1. The maximum absolute atomic E-state index is 12.2. The highest BCUT2D eigenvalue weighted by Gasteiger charge is 2.15. The third-order valence-electron chi connectivity index (χ3n) is 4.49. The number of benzene rings is 2. The molecule has 1 N–H and O–H groups in total. The number of hydrogen-bond donors (Lipinski definition) is 1. The minimum absolute atomic E-state index is 0.103. The van der Waals surface area contributed by atoms with Gasteiger partial charge in [0.15, 0.2) is 6.10 Å². The highest BCUT2D eigenvalue weighted by Crippen LogP contribution is 2.14. The first-order valence-corrected chi connectivity index (χ1v) is 9.00. The third kappa shape index (κ3) is 5.33. The van der Waals surface area contributed by atoms with Crippen molar-refractivity contribution >= 4 is 5.91 Å². The summed E-state index contributed by atoms with van der Waals surface area (Å²) < 4.78 is 5.66. The summed E-state index contributed by atoms with van der Waals surface area (Å²) in [6.07, 6.45) is 2.08. The Morgan fingerprint density at radius 1 is 1.08 bits per heavy atom. The molecule has 0 aromatic heterocycles. The number of nitrogens with one attached hydrogen (secondary N) is 1. The molecule has 3 rings (SSSR count). The van der Waals surface area contributed by atoms with Crippen molar-refractivity contribution in [3.05, 3.63) is 65.7 Å². The van der Waals surface area contributed by atoms with Crippen molar-refractivity contribution in [3.63, 3.8) is 0 Å². The smallest absolute Gasteiger partial charge is 0.261 e. The molecule has 0 unspecified atom stereocenters. The van der Waals surface area contributed by atoms with Gasteiger partial charge in [0.05, 0.1) is 0 Å². The second-order valence-corrected chi connectivity index (χ2v) is 6.59. The van der Waals surface area contributed by atoms with E-state index in [1.54, 1.807) is 6.92 Å². The Kier molecular flexibility index (Phi) is 6.07. The topological polar surface area (TPSA) is 41.6 Å². The van der Waals surface area contributed by atoms with Gasteiger partial charge in [0, 0.05) is 13.1 Å². The number of amides is 1. The van der Waals surface area contributed by atoms with Crippen molar-refractivity contribution in [2.45, 2.75) is 39.0 Å². The van der Waals surface area contributed by atoms with Crippen LogP contribution in [0.2, 0.25) is 0 Å². The van der Waals surface area contributed by atoms with Crippen LogP contribution in [0.1, 0.15) is 30.9 Å². The monoisotopic (exact) mass is 338 g/mol. The molecule has 4 heteroatoms. The lowest BCUT2D eigenvalue weighted by atomic mass is 10.1. The number of ether oxygens (including phenoxy) is 1. The number of hydrogen-bond acceptors (Lipinski definition) is 3. The summed E-state index contributed by atoms with van der Waals surface area (Å²) in [6.45, 7) is 5.67. The molecule has 4 nitrogen and oxygen atoms in total. The summed E-state index contributed by atoms with van der Waals surface area (Å²) in [5, 5.41) is 2.96.